The largest absolute Gasteiger partial charge is 0.443 e. The van der Waals surface area contributed by atoms with Gasteiger partial charge in [0.15, 0.2) is 12.4 Å². The average Bonchev–Trinajstić information content (AvgIpc) is 2.68. The summed E-state index contributed by atoms with van der Waals surface area (Å²) in [5.41, 5.74) is -1.59. The van der Waals surface area contributed by atoms with E-state index in [2.05, 4.69) is 15.0 Å². The number of aryl methyl sites for hydroxylation is 1. The lowest BCUT2D eigenvalue weighted by molar-refractivity contribution is -0.157. The molecule has 2 aromatic heterocycles. The second-order valence-electron chi connectivity index (χ2n) is 5.52. The van der Waals surface area contributed by atoms with E-state index in [1.807, 2.05) is 0 Å². The molecule has 0 saturated carbocycles. The highest BCUT2D eigenvalue weighted by Crippen LogP contribution is 2.15. The minimum atomic E-state index is -0.703. The SMILES string of the molecule is Cc1nc2[nH]c(=O)n(COC(=O)C(C)(C)C)c(=O)c2[nH]1. The van der Waals surface area contributed by atoms with Crippen molar-refractivity contribution < 1.29 is 9.53 Å². The quantitative estimate of drug-likeness (QED) is 0.767. The minimum Gasteiger partial charge on any atom is -0.443 e. The molecular formula is C12H16N4O4. The number of carbonyl (C=O) groups excluding carboxylic acids is 1. The van der Waals surface area contributed by atoms with Crippen LogP contribution in [0.15, 0.2) is 9.59 Å². The molecule has 2 N–H and O–H groups in total. The summed E-state index contributed by atoms with van der Waals surface area (Å²) in [6.07, 6.45) is 0. The Morgan fingerprint density at radius 1 is 1.30 bits per heavy atom. The fourth-order valence-corrected chi connectivity index (χ4v) is 1.59. The van der Waals surface area contributed by atoms with Crippen molar-refractivity contribution in [3.05, 3.63) is 26.7 Å². The van der Waals surface area contributed by atoms with Crippen molar-refractivity contribution in [1.29, 1.82) is 0 Å². The molecule has 0 saturated heterocycles. The zero-order chi connectivity index (χ0) is 15.1. The van der Waals surface area contributed by atoms with E-state index >= 15 is 0 Å². The predicted molar refractivity (Wildman–Crippen MR) is 71.3 cm³/mol. The van der Waals surface area contributed by atoms with Crippen molar-refractivity contribution in [3.63, 3.8) is 0 Å². The van der Waals surface area contributed by atoms with Crippen LogP contribution in [0.4, 0.5) is 0 Å². The van der Waals surface area contributed by atoms with Crippen LogP contribution in [0.1, 0.15) is 26.6 Å². The van der Waals surface area contributed by atoms with Crippen molar-refractivity contribution in [1.82, 2.24) is 19.5 Å². The number of nitrogens with one attached hydrogen (secondary N) is 2. The summed E-state index contributed by atoms with van der Waals surface area (Å²) < 4.78 is 5.79. The summed E-state index contributed by atoms with van der Waals surface area (Å²) in [6, 6.07) is 0. The Hall–Kier alpha value is -2.38. The van der Waals surface area contributed by atoms with E-state index in [1.54, 1.807) is 27.7 Å². The minimum absolute atomic E-state index is 0.175. The number of H-pyrrole nitrogens is 2. The van der Waals surface area contributed by atoms with E-state index < -0.39 is 29.4 Å². The van der Waals surface area contributed by atoms with Crippen molar-refractivity contribution in [2.24, 2.45) is 5.41 Å². The van der Waals surface area contributed by atoms with Gasteiger partial charge in [0.25, 0.3) is 5.56 Å². The zero-order valence-corrected chi connectivity index (χ0v) is 11.7. The summed E-state index contributed by atoms with van der Waals surface area (Å²) in [6.45, 7) is 6.29. The number of esters is 1. The molecule has 2 rings (SSSR count). The molecule has 0 amide bonds. The van der Waals surface area contributed by atoms with Gasteiger partial charge < -0.3 is 9.72 Å². The van der Waals surface area contributed by atoms with Crippen LogP contribution in [0.25, 0.3) is 11.2 Å². The van der Waals surface area contributed by atoms with Gasteiger partial charge in [-0.3, -0.25) is 14.6 Å². The highest BCUT2D eigenvalue weighted by molar-refractivity contribution is 5.75. The molecule has 8 heteroatoms. The topological polar surface area (TPSA) is 110 Å². The molecule has 0 aromatic carbocycles. The number of imidazole rings is 1. The fraction of sp³-hybridized carbons (Fsp3) is 0.500. The van der Waals surface area contributed by atoms with Gasteiger partial charge in [-0.25, -0.2) is 14.3 Å². The molecule has 0 spiro atoms. The molecular weight excluding hydrogens is 264 g/mol. The first-order chi connectivity index (χ1) is 9.20. The third-order valence-corrected chi connectivity index (χ3v) is 2.69. The Balaban J connectivity index is 2.38. The first kappa shape index (κ1) is 14.0. The third kappa shape index (κ3) is 2.49. The molecule has 0 bridgehead atoms. The lowest BCUT2D eigenvalue weighted by Crippen LogP contribution is -2.37. The molecule has 2 heterocycles. The number of carbonyl (C=O) groups is 1. The maximum atomic E-state index is 12.1. The normalized spacial score (nSPS) is 11.8. The fourth-order valence-electron chi connectivity index (χ4n) is 1.59. The maximum Gasteiger partial charge on any atom is 0.332 e. The molecule has 0 radical (unpaired) electrons. The Morgan fingerprint density at radius 3 is 2.55 bits per heavy atom. The van der Waals surface area contributed by atoms with Gasteiger partial charge in [-0.2, -0.15) is 0 Å². The van der Waals surface area contributed by atoms with Crippen molar-refractivity contribution in [2.45, 2.75) is 34.4 Å². The summed E-state index contributed by atoms with van der Waals surface area (Å²) >= 11 is 0. The summed E-state index contributed by atoms with van der Waals surface area (Å²) in [5.74, 6) is 0.0156. The molecule has 2 aromatic rings. The van der Waals surface area contributed by atoms with E-state index in [9.17, 15) is 14.4 Å². The van der Waals surface area contributed by atoms with E-state index in [0.29, 0.717) is 5.82 Å². The Bertz CT molecular complexity index is 775. The second kappa shape index (κ2) is 4.62. The van der Waals surface area contributed by atoms with E-state index in [1.165, 1.54) is 0 Å². The molecule has 0 aliphatic carbocycles. The molecule has 0 aliphatic rings. The lowest BCUT2D eigenvalue weighted by Gasteiger charge is -2.16. The molecule has 0 atom stereocenters. The summed E-state index contributed by atoms with van der Waals surface area (Å²) in [7, 11) is 0. The number of aromatic amines is 2. The monoisotopic (exact) mass is 280 g/mol. The number of nitrogens with zero attached hydrogens (tertiary/aromatic N) is 2. The van der Waals surface area contributed by atoms with Gasteiger partial charge >= 0.3 is 11.7 Å². The number of ether oxygens (including phenoxy) is 1. The predicted octanol–water partition coefficient (Wildman–Crippen LogP) is 0.268. The van der Waals surface area contributed by atoms with Gasteiger partial charge in [-0.15, -0.1) is 0 Å². The van der Waals surface area contributed by atoms with Crippen LogP contribution >= 0.6 is 0 Å². The van der Waals surface area contributed by atoms with Gasteiger partial charge in [0.1, 0.15) is 11.3 Å². The number of hydrogen-bond acceptors (Lipinski definition) is 5. The first-order valence-corrected chi connectivity index (χ1v) is 6.07. The second-order valence-corrected chi connectivity index (χ2v) is 5.52. The van der Waals surface area contributed by atoms with Gasteiger partial charge in [-0.05, 0) is 27.7 Å². The van der Waals surface area contributed by atoms with Gasteiger partial charge in [0, 0.05) is 0 Å². The maximum absolute atomic E-state index is 12.1. The van der Waals surface area contributed by atoms with Gasteiger partial charge in [0.05, 0.1) is 5.41 Å². The molecule has 0 unspecified atom stereocenters. The smallest absolute Gasteiger partial charge is 0.332 e. The molecule has 0 fully saturated rings. The number of aromatic nitrogens is 4. The highest BCUT2D eigenvalue weighted by atomic mass is 16.5. The van der Waals surface area contributed by atoms with E-state index in [-0.39, 0.29) is 11.2 Å². The average molecular weight is 280 g/mol. The van der Waals surface area contributed by atoms with Crippen LogP contribution in [0.2, 0.25) is 0 Å². The summed E-state index contributed by atoms with van der Waals surface area (Å²) in [4.78, 5) is 44.7. The zero-order valence-electron chi connectivity index (χ0n) is 11.7. The Morgan fingerprint density at radius 2 is 1.95 bits per heavy atom. The highest BCUT2D eigenvalue weighted by Gasteiger charge is 2.23. The van der Waals surface area contributed by atoms with E-state index in [4.69, 9.17) is 4.74 Å². The Labute approximate surface area is 113 Å². The van der Waals surface area contributed by atoms with Crippen LogP contribution in [-0.4, -0.2) is 25.5 Å². The van der Waals surface area contributed by atoms with Crippen LogP contribution in [0, 0.1) is 12.3 Å². The van der Waals surface area contributed by atoms with Crippen molar-refractivity contribution in [2.75, 3.05) is 0 Å². The van der Waals surface area contributed by atoms with Crippen LogP contribution in [0.3, 0.4) is 0 Å². The molecule has 108 valence electrons. The van der Waals surface area contributed by atoms with Crippen molar-refractivity contribution in [3.8, 4) is 0 Å². The third-order valence-electron chi connectivity index (χ3n) is 2.69. The van der Waals surface area contributed by atoms with Crippen molar-refractivity contribution >= 4 is 17.1 Å². The molecule has 0 aliphatic heterocycles. The van der Waals surface area contributed by atoms with Crippen LogP contribution < -0.4 is 11.2 Å². The van der Waals surface area contributed by atoms with Gasteiger partial charge in [-0.1, -0.05) is 0 Å². The lowest BCUT2D eigenvalue weighted by atomic mass is 9.98. The number of hydrogen-bond donors (Lipinski definition) is 2. The van der Waals surface area contributed by atoms with Crippen LogP contribution in [0.5, 0.6) is 0 Å². The first-order valence-electron chi connectivity index (χ1n) is 6.07. The molecule has 20 heavy (non-hydrogen) atoms. The number of rotatable bonds is 2. The molecule has 8 nitrogen and oxygen atoms in total. The van der Waals surface area contributed by atoms with Gasteiger partial charge in [0.2, 0.25) is 0 Å². The number of fused-ring (bicyclic) bond motifs is 1. The Kier molecular flexibility index (Phi) is 3.24. The van der Waals surface area contributed by atoms with Crippen LogP contribution in [-0.2, 0) is 16.3 Å². The van der Waals surface area contributed by atoms with E-state index in [0.717, 1.165) is 4.57 Å². The standard InChI is InChI=1S/C12H16N4O4/c1-6-13-7-8(14-6)15-11(19)16(9(7)17)5-20-10(18)12(2,3)4/h5H2,1-4H3,(H,13,14)(H,15,19). The summed E-state index contributed by atoms with van der Waals surface area (Å²) in [5, 5.41) is 0.